The molecule has 0 saturated carbocycles. The average molecular weight is 217 g/mol. The van der Waals surface area contributed by atoms with Gasteiger partial charge in [0.15, 0.2) is 5.57 Å². The third-order valence-corrected chi connectivity index (χ3v) is 1.83. The summed E-state index contributed by atoms with van der Waals surface area (Å²) in [5, 5.41) is 11.3. The number of nitrogens with zero attached hydrogens (tertiary/aromatic N) is 2. The fourth-order valence-corrected chi connectivity index (χ4v) is 1.04. The molecule has 0 bridgehead atoms. The first-order valence-electron chi connectivity index (χ1n) is 4.47. The minimum atomic E-state index is -0.848. The predicted molar refractivity (Wildman–Crippen MR) is 57.1 cm³/mol. The van der Waals surface area contributed by atoms with Crippen molar-refractivity contribution in [2.24, 2.45) is 11.5 Å². The molecule has 0 unspecified atom stereocenters. The summed E-state index contributed by atoms with van der Waals surface area (Å²) in [7, 11) is 0. The van der Waals surface area contributed by atoms with Gasteiger partial charge in [-0.2, -0.15) is 5.26 Å². The van der Waals surface area contributed by atoms with Gasteiger partial charge in [-0.3, -0.25) is 9.78 Å². The molecule has 0 aliphatic rings. The van der Waals surface area contributed by atoms with E-state index in [-0.39, 0.29) is 11.4 Å². The second-order valence-electron chi connectivity index (χ2n) is 2.98. The molecule has 6 nitrogen and oxygen atoms in total. The molecule has 0 aromatic carbocycles. The Morgan fingerprint density at radius 1 is 1.56 bits per heavy atom. The fraction of sp³-hybridized carbons (Fsp3) is 0.100. The Morgan fingerprint density at radius 3 is 2.81 bits per heavy atom. The number of nitrogens with two attached hydrogens (primary N) is 2. The Bertz CT molecular complexity index is 446. The van der Waals surface area contributed by atoms with Gasteiger partial charge < -0.3 is 16.8 Å². The molecule has 0 spiro atoms. The van der Waals surface area contributed by atoms with Gasteiger partial charge >= 0.3 is 0 Å². The lowest BCUT2D eigenvalue weighted by atomic mass is 10.2. The molecule has 1 amide bonds. The van der Waals surface area contributed by atoms with Crippen molar-refractivity contribution < 1.29 is 4.79 Å². The number of rotatable bonds is 4. The van der Waals surface area contributed by atoms with Gasteiger partial charge in [-0.25, -0.2) is 0 Å². The zero-order valence-corrected chi connectivity index (χ0v) is 8.47. The van der Waals surface area contributed by atoms with Gasteiger partial charge in [-0.05, 0) is 11.6 Å². The summed E-state index contributed by atoms with van der Waals surface area (Å²) in [6.45, 7) is 0.373. The molecule has 1 heterocycles. The Hall–Kier alpha value is -2.55. The topological polar surface area (TPSA) is 118 Å². The first-order chi connectivity index (χ1) is 7.65. The van der Waals surface area contributed by atoms with Gasteiger partial charge in [-0.1, -0.05) is 6.07 Å². The lowest BCUT2D eigenvalue weighted by Gasteiger charge is -2.06. The van der Waals surface area contributed by atoms with Crippen LogP contribution in [0.25, 0.3) is 0 Å². The minimum Gasteiger partial charge on any atom is -0.384 e. The van der Waals surface area contributed by atoms with Gasteiger partial charge in [0.05, 0.1) is 0 Å². The molecule has 0 atom stereocenters. The van der Waals surface area contributed by atoms with Crippen molar-refractivity contribution in [3.05, 3.63) is 41.5 Å². The summed E-state index contributed by atoms with van der Waals surface area (Å²) in [5.41, 5.74) is 11.1. The fourth-order valence-electron chi connectivity index (χ4n) is 1.04. The zero-order valence-electron chi connectivity index (χ0n) is 8.47. The van der Waals surface area contributed by atoms with Crippen molar-refractivity contribution in [2.45, 2.75) is 6.54 Å². The third-order valence-electron chi connectivity index (χ3n) is 1.83. The molecule has 0 aliphatic carbocycles. The number of nitriles is 1. The highest BCUT2D eigenvalue weighted by molar-refractivity contribution is 5.96. The number of amides is 1. The van der Waals surface area contributed by atoms with Crippen LogP contribution in [-0.4, -0.2) is 10.9 Å². The zero-order chi connectivity index (χ0) is 12.0. The quantitative estimate of drug-likeness (QED) is 0.457. The van der Waals surface area contributed by atoms with Crippen LogP contribution >= 0.6 is 0 Å². The van der Waals surface area contributed by atoms with E-state index in [1.807, 2.05) is 6.07 Å². The first kappa shape index (κ1) is 11.5. The Labute approximate surface area is 92.6 Å². The lowest BCUT2D eigenvalue weighted by molar-refractivity contribution is -0.114. The number of aromatic nitrogens is 1. The van der Waals surface area contributed by atoms with Crippen molar-refractivity contribution in [3.8, 4) is 6.07 Å². The summed E-state index contributed by atoms with van der Waals surface area (Å²) in [6.07, 6.45) is 3.30. The van der Waals surface area contributed by atoms with Crippen molar-refractivity contribution in [1.82, 2.24) is 10.3 Å². The number of carbonyl (C=O) groups is 1. The maximum Gasteiger partial charge on any atom is 0.263 e. The SMILES string of the molecule is N#CC(C(N)=O)=C(N)NCc1cccnc1. The van der Waals surface area contributed by atoms with Gasteiger partial charge in [-0.15, -0.1) is 0 Å². The second-order valence-corrected chi connectivity index (χ2v) is 2.98. The van der Waals surface area contributed by atoms with Crippen molar-refractivity contribution in [2.75, 3.05) is 0 Å². The van der Waals surface area contributed by atoms with Gasteiger partial charge in [0.25, 0.3) is 5.91 Å². The van der Waals surface area contributed by atoms with Crippen LogP contribution in [0.4, 0.5) is 0 Å². The van der Waals surface area contributed by atoms with Crippen LogP contribution in [0.2, 0.25) is 0 Å². The smallest absolute Gasteiger partial charge is 0.263 e. The minimum absolute atomic E-state index is 0.0288. The number of hydrogen-bond acceptors (Lipinski definition) is 5. The highest BCUT2D eigenvalue weighted by atomic mass is 16.1. The maximum absolute atomic E-state index is 10.8. The lowest BCUT2D eigenvalue weighted by Crippen LogP contribution is -2.26. The summed E-state index contributed by atoms with van der Waals surface area (Å²) in [5.74, 6) is -0.877. The van der Waals surface area contributed by atoms with Crippen LogP contribution in [0.1, 0.15) is 5.56 Å². The molecule has 1 aromatic heterocycles. The van der Waals surface area contributed by atoms with Crippen LogP contribution in [0.5, 0.6) is 0 Å². The molecule has 0 radical (unpaired) electrons. The largest absolute Gasteiger partial charge is 0.384 e. The predicted octanol–water partition coefficient (Wildman–Crippen LogP) is -0.650. The molecular formula is C10H11N5O. The molecule has 16 heavy (non-hydrogen) atoms. The van der Waals surface area contributed by atoms with E-state index in [1.54, 1.807) is 24.5 Å². The van der Waals surface area contributed by atoms with Crippen LogP contribution < -0.4 is 16.8 Å². The molecule has 5 N–H and O–H groups in total. The highest BCUT2D eigenvalue weighted by Gasteiger charge is 2.08. The van der Waals surface area contributed by atoms with E-state index in [4.69, 9.17) is 16.7 Å². The van der Waals surface area contributed by atoms with Crippen LogP contribution in [-0.2, 0) is 11.3 Å². The third kappa shape index (κ3) is 2.99. The summed E-state index contributed by atoms with van der Waals surface area (Å²) < 4.78 is 0. The molecule has 0 saturated heterocycles. The molecule has 1 rings (SSSR count). The van der Waals surface area contributed by atoms with E-state index in [1.165, 1.54) is 0 Å². The number of hydrogen-bond donors (Lipinski definition) is 3. The molecule has 0 fully saturated rings. The van der Waals surface area contributed by atoms with Crippen LogP contribution in [0.3, 0.4) is 0 Å². The van der Waals surface area contributed by atoms with E-state index in [0.29, 0.717) is 6.54 Å². The first-order valence-corrected chi connectivity index (χ1v) is 4.47. The van der Waals surface area contributed by atoms with Crippen LogP contribution in [0, 0.1) is 11.3 Å². The van der Waals surface area contributed by atoms with E-state index >= 15 is 0 Å². The van der Waals surface area contributed by atoms with Crippen molar-refractivity contribution >= 4 is 5.91 Å². The van der Waals surface area contributed by atoms with Gasteiger partial charge in [0.2, 0.25) is 0 Å². The Balaban J connectivity index is 2.69. The number of primary amides is 1. The highest BCUT2D eigenvalue weighted by Crippen LogP contribution is 1.98. The van der Waals surface area contributed by atoms with E-state index in [0.717, 1.165) is 5.56 Å². The molecule has 0 aliphatic heterocycles. The van der Waals surface area contributed by atoms with Crippen molar-refractivity contribution in [1.29, 1.82) is 5.26 Å². The van der Waals surface area contributed by atoms with Crippen LogP contribution in [0.15, 0.2) is 35.9 Å². The molecule has 82 valence electrons. The van der Waals surface area contributed by atoms with Gasteiger partial charge in [0, 0.05) is 18.9 Å². The summed E-state index contributed by atoms with van der Waals surface area (Å²) in [4.78, 5) is 14.7. The number of carbonyl (C=O) groups excluding carboxylic acids is 1. The van der Waals surface area contributed by atoms with E-state index in [9.17, 15) is 4.79 Å². The molecule has 6 heteroatoms. The van der Waals surface area contributed by atoms with E-state index in [2.05, 4.69) is 10.3 Å². The second kappa shape index (κ2) is 5.36. The molecule has 1 aromatic rings. The summed E-state index contributed by atoms with van der Waals surface area (Å²) >= 11 is 0. The maximum atomic E-state index is 10.8. The summed E-state index contributed by atoms with van der Waals surface area (Å²) in [6, 6.07) is 5.25. The number of nitrogens with one attached hydrogen (secondary N) is 1. The Morgan fingerprint density at radius 2 is 2.31 bits per heavy atom. The van der Waals surface area contributed by atoms with Crippen molar-refractivity contribution in [3.63, 3.8) is 0 Å². The normalized spacial score (nSPS) is 11.2. The van der Waals surface area contributed by atoms with E-state index < -0.39 is 5.91 Å². The standard InChI is InChI=1S/C10H11N5O/c11-4-8(10(13)16)9(12)15-6-7-2-1-3-14-5-7/h1-3,5,15H,6,12H2,(H2,13,16). The monoisotopic (exact) mass is 217 g/mol. The number of pyridine rings is 1. The average Bonchev–Trinajstić information content (AvgIpc) is 2.28. The van der Waals surface area contributed by atoms with Gasteiger partial charge in [0.1, 0.15) is 11.9 Å². The molecular weight excluding hydrogens is 206 g/mol. The Kier molecular flexibility index (Phi) is 3.86.